The lowest BCUT2D eigenvalue weighted by molar-refractivity contribution is -0.184. The van der Waals surface area contributed by atoms with Crippen LogP contribution in [0.15, 0.2) is 30.4 Å². The van der Waals surface area contributed by atoms with Gasteiger partial charge in [0.05, 0.1) is 28.7 Å². The van der Waals surface area contributed by atoms with Crippen LogP contribution >= 0.6 is 11.3 Å². The average molecular weight is 460 g/mol. The zero-order chi connectivity index (χ0) is 22.6. The van der Waals surface area contributed by atoms with Gasteiger partial charge in [0.25, 0.3) is 0 Å². The molecule has 1 amide bonds. The minimum absolute atomic E-state index is 0.0781. The largest absolute Gasteiger partial charge is 0.494 e. The molecule has 0 fully saturated rings. The van der Waals surface area contributed by atoms with Gasteiger partial charge in [-0.15, -0.1) is 0 Å². The van der Waals surface area contributed by atoms with E-state index in [9.17, 15) is 27.2 Å². The van der Waals surface area contributed by atoms with E-state index in [0.717, 1.165) is 4.70 Å². The fourth-order valence-electron chi connectivity index (χ4n) is 3.11. The van der Waals surface area contributed by atoms with Gasteiger partial charge in [0, 0.05) is 0 Å². The third-order valence-corrected chi connectivity index (χ3v) is 5.63. The summed E-state index contributed by atoms with van der Waals surface area (Å²) in [6, 6.07) is 5.29. The van der Waals surface area contributed by atoms with E-state index in [1.54, 1.807) is 30.4 Å². The maximum atomic E-state index is 13.1. The molecule has 0 spiro atoms. The van der Waals surface area contributed by atoms with Crippen molar-refractivity contribution < 1.29 is 36.6 Å². The Hall–Kier alpha value is -2.69. The highest BCUT2D eigenvalue weighted by Crippen LogP contribution is 2.32. The zero-order valence-electron chi connectivity index (χ0n) is 16.4. The molecule has 11 heteroatoms. The number of amides is 1. The monoisotopic (exact) mass is 460 g/mol. The van der Waals surface area contributed by atoms with Crippen molar-refractivity contribution in [3.63, 3.8) is 0 Å². The number of alkyl halides is 4. The molecule has 0 saturated carbocycles. The molecule has 2 atom stereocenters. The first kappa shape index (κ1) is 23.0. The second-order valence-corrected chi connectivity index (χ2v) is 7.93. The number of rotatable bonds is 8. The second-order valence-electron chi connectivity index (χ2n) is 6.90. The van der Waals surface area contributed by atoms with E-state index in [-0.39, 0.29) is 12.8 Å². The van der Waals surface area contributed by atoms with Crippen LogP contribution in [0.1, 0.15) is 19.8 Å². The molecule has 1 aliphatic rings. The summed E-state index contributed by atoms with van der Waals surface area (Å²) in [6.07, 6.45) is -0.388. The average Bonchev–Trinajstić information content (AvgIpc) is 3.13. The first-order valence-electron chi connectivity index (χ1n) is 9.53. The van der Waals surface area contributed by atoms with Crippen molar-refractivity contribution in [2.75, 3.05) is 18.5 Å². The van der Waals surface area contributed by atoms with Crippen LogP contribution < -0.4 is 10.1 Å². The third kappa shape index (κ3) is 5.52. The smallest absolute Gasteiger partial charge is 0.340 e. The highest BCUT2D eigenvalue weighted by atomic mass is 32.1. The zero-order valence-corrected chi connectivity index (χ0v) is 17.3. The number of fused-ring (bicyclic) bond motifs is 1. The van der Waals surface area contributed by atoms with Crippen LogP contribution in [0.4, 0.5) is 22.7 Å². The van der Waals surface area contributed by atoms with Crippen molar-refractivity contribution in [1.82, 2.24) is 4.98 Å². The number of benzene rings is 1. The number of carbonyl (C=O) groups is 2. The molecule has 1 aliphatic carbocycles. The Kier molecular flexibility index (Phi) is 7.14. The summed E-state index contributed by atoms with van der Waals surface area (Å²) in [7, 11) is 0. The summed E-state index contributed by atoms with van der Waals surface area (Å²) in [6.45, 7) is 0.624. The number of esters is 1. The molecule has 1 heterocycles. The molecule has 0 radical (unpaired) electrons. The number of halogens is 4. The number of carbonyl (C=O) groups excluding carboxylic acids is 2. The summed E-state index contributed by atoms with van der Waals surface area (Å²) in [4.78, 5) is 29.3. The Bertz CT molecular complexity index is 979. The fourth-order valence-corrected chi connectivity index (χ4v) is 4.01. The number of hydrogen-bond donors (Lipinski definition) is 1. The van der Waals surface area contributed by atoms with Crippen LogP contribution in [0.3, 0.4) is 0 Å². The van der Waals surface area contributed by atoms with Gasteiger partial charge in [-0.25, -0.2) is 13.8 Å². The predicted octanol–water partition coefficient (Wildman–Crippen LogP) is 4.66. The van der Waals surface area contributed by atoms with Gasteiger partial charge in [-0.2, -0.15) is 8.78 Å². The molecule has 31 heavy (non-hydrogen) atoms. The van der Waals surface area contributed by atoms with Crippen molar-refractivity contribution in [1.29, 1.82) is 0 Å². The van der Waals surface area contributed by atoms with Crippen LogP contribution in [0.5, 0.6) is 5.75 Å². The molecule has 1 N–H and O–H groups in total. The van der Waals surface area contributed by atoms with Crippen LogP contribution in [0, 0.1) is 11.8 Å². The summed E-state index contributed by atoms with van der Waals surface area (Å²) in [5, 5.41) is 2.95. The van der Waals surface area contributed by atoms with Crippen LogP contribution in [-0.2, 0) is 14.3 Å². The van der Waals surface area contributed by atoms with Crippen molar-refractivity contribution in [3.8, 4) is 5.75 Å². The van der Waals surface area contributed by atoms with Crippen molar-refractivity contribution in [2.24, 2.45) is 11.8 Å². The molecule has 0 aliphatic heterocycles. The normalized spacial score (nSPS) is 18.9. The number of nitrogens with one attached hydrogen (secondary N) is 1. The first-order chi connectivity index (χ1) is 14.7. The lowest BCUT2D eigenvalue weighted by Gasteiger charge is -2.26. The third-order valence-electron chi connectivity index (χ3n) is 4.70. The summed E-state index contributed by atoms with van der Waals surface area (Å²) >= 11 is 1.22. The van der Waals surface area contributed by atoms with Gasteiger partial charge >= 0.3 is 18.3 Å². The molecule has 0 bridgehead atoms. The lowest BCUT2D eigenvalue weighted by Crippen LogP contribution is -2.39. The minimum Gasteiger partial charge on any atom is -0.494 e. The van der Waals surface area contributed by atoms with Crippen molar-refractivity contribution in [2.45, 2.75) is 32.1 Å². The second kappa shape index (κ2) is 9.63. The Morgan fingerprint density at radius 2 is 1.97 bits per heavy atom. The quantitative estimate of drug-likeness (QED) is 0.352. The maximum absolute atomic E-state index is 13.1. The van der Waals surface area contributed by atoms with E-state index in [1.807, 2.05) is 6.92 Å². The summed E-state index contributed by atoms with van der Waals surface area (Å²) in [5.74, 6) is -7.39. The van der Waals surface area contributed by atoms with E-state index >= 15 is 0 Å². The van der Waals surface area contributed by atoms with E-state index in [4.69, 9.17) is 4.74 Å². The lowest BCUT2D eigenvalue weighted by atomic mass is 9.82. The summed E-state index contributed by atoms with van der Waals surface area (Å²) in [5.41, 5.74) is 0.650. The Morgan fingerprint density at radius 3 is 2.65 bits per heavy atom. The van der Waals surface area contributed by atoms with Crippen LogP contribution in [-0.4, -0.2) is 42.4 Å². The number of anilines is 1. The van der Waals surface area contributed by atoms with E-state index in [1.165, 1.54) is 11.3 Å². The molecule has 2 aromatic rings. The SMILES string of the molecule is CCOc1ccc2nc(NC(=O)[C@H]3CC=CC[C@H]3C(=O)OCC(F)(F)C(F)F)sc2c1. The van der Waals surface area contributed by atoms with Crippen LogP contribution in [0.2, 0.25) is 0 Å². The van der Waals surface area contributed by atoms with Gasteiger partial charge in [0.1, 0.15) is 5.75 Å². The highest BCUT2D eigenvalue weighted by molar-refractivity contribution is 7.22. The van der Waals surface area contributed by atoms with Gasteiger partial charge < -0.3 is 14.8 Å². The number of hydrogen-bond acceptors (Lipinski definition) is 6. The number of nitrogens with zero attached hydrogens (tertiary/aromatic N) is 1. The first-order valence-corrected chi connectivity index (χ1v) is 10.3. The van der Waals surface area contributed by atoms with Crippen LogP contribution in [0.25, 0.3) is 10.2 Å². The minimum atomic E-state index is -4.45. The molecular weight excluding hydrogens is 440 g/mol. The molecule has 0 unspecified atom stereocenters. The van der Waals surface area contributed by atoms with Crippen molar-refractivity contribution >= 4 is 38.6 Å². The molecule has 1 aromatic heterocycles. The maximum Gasteiger partial charge on any atom is 0.340 e. The number of thiazole rings is 1. The highest BCUT2D eigenvalue weighted by Gasteiger charge is 2.44. The molecule has 1 aromatic carbocycles. The Labute approximate surface area is 179 Å². The standard InChI is InChI=1S/C20H20F4N2O4S/c1-2-29-11-7-8-14-15(9-11)31-19(25-14)26-16(27)12-5-3-4-6-13(12)17(28)30-10-20(23,24)18(21)22/h3-4,7-9,12-13,18H,2,5-6,10H2,1H3,(H,25,26,27)/t12-,13+/m0/s1. The predicted molar refractivity (Wildman–Crippen MR) is 107 cm³/mol. The number of aromatic nitrogens is 1. The van der Waals surface area contributed by atoms with E-state index in [2.05, 4.69) is 15.0 Å². The van der Waals surface area contributed by atoms with Gasteiger partial charge in [-0.05, 0) is 38.0 Å². The molecule has 3 rings (SSSR count). The van der Waals surface area contributed by atoms with Gasteiger partial charge in [-0.3, -0.25) is 9.59 Å². The fraction of sp³-hybridized carbons (Fsp3) is 0.450. The number of allylic oxidation sites excluding steroid dienone is 2. The topological polar surface area (TPSA) is 77.5 Å². The molecule has 0 saturated heterocycles. The Morgan fingerprint density at radius 1 is 1.26 bits per heavy atom. The molecule has 168 valence electrons. The van der Waals surface area contributed by atoms with E-state index < -0.39 is 42.7 Å². The number of ether oxygens (including phenoxy) is 2. The van der Waals surface area contributed by atoms with Gasteiger partial charge in [0.2, 0.25) is 5.91 Å². The van der Waals surface area contributed by atoms with Crippen molar-refractivity contribution in [3.05, 3.63) is 30.4 Å². The summed E-state index contributed by atoms with van der Waals surface area (Å²) < 4.78 is 61.3. The molecule has 6 nitrogen and oxygen atoms in total. The van der Waals surface area contributed by atoms with Gasteiger partial charge in [-0.1, -0.05) is 23.5 Å². The van der Waals surface area contributed by atoms with Gasteiger partial charge in [0.15, 0.2) is 11.7 Å². The van der Waals surface area contributed by atoms with E-state index in [0.29, 0.717) is 23.0 Å². The Balaban J connectivity index is 1.68. The molecular formula is C20H20F4N2O4S.